The van der Waals surface area contributed by atoms with Crippen molar-refractivity contribution in [3.8, 4) is 6.07 Å². The fraction of sp³-hybridized carbons (Fsp3) is 0.667. The van der Waals surface area contributed by atoms with Crippen LogP contribution in [0.15, 0.2) is 5.10 Å². The molecule has 5 nitrogen and oxygen atoms in total. The third-order valence-electron chi connectivity index (χ3n) is 2.53. The number of nitrogens with two attached hydrogens (primary N) is 1. The molecule has 1 fully saturated rings. The molecule has 0 bridgehead atoms. The van der Waals surface area contributed by atoms with Crippen LogP contribution in [0, 0.1) is 16.7 Å². The van der Waals surface area contributed by atoms with Crippen LogP contribution < -0.4 is 11.2 Å². The minimum Gasteiger partial charge on any atom is -0.350 e. The van der Waals surface area contributed by atoms with Gasteiger partial charge >= 0.3 is 6.03 Å². The Labute approximate surface area is 83.0 Å². The molecule has 76 valence electrons. The number of primary amides is 1. The second-order valence-corrected chi connectivity index (χ2v) is 3.69. The summed E-state index contributed by atoms with van der Waals surface area (Å²) in [7, 11) is 0. The van der Waals surface area contributed by atoms with E-state index in [9.17, 15) is 4.79 Å². The summed E-state index contributed by atoms with van der Waals surface area (Å²) >= 11 is 0. The SMILES string of the molecule is CC1(C#N)CCCCC1=NNC(N)=O. The van der Waals surface area contributed by atoms with Crippen molar-refractivity contribution in [2.24, 2.45) is 16.3 Å². The number of nitrogens with one attached hydrogen (secondary N) is 1. The highest BCUT2D eigenvalue weighted by atomic mass is 16.2. The van der Waals surface area contributed by atoms with E-state index in [-0.39, 0.29) is 0 Å². The first-order chi connectivity index (χ1) is 6.58. The predicted octanol–water partition coefficient (Wildman–Crippen LogP) is 1.11. The standard InChI is InChI=1S/C9H14N4O/c1-9(6-10)5-3-2-4-7(9)12-13-8(11)14/h2-5H2,1H3,(H3,11,13,14). The second kappa shape index (κ2) is 4.09. The van der Waals surface area contributed by atoms with Crippen LogP contribution in [0.3, 0.4) is 0 Å². The third-order valence-corrected chi connectivity index (χ3v) is 2.53. The van der Waals surface area contributed by atoms with Gasteiger partial charge in [-0.2, -0.15) is 10.4 Å². The lowest BCUT2D eigenvalue weighted by molar-refractivity contribution is 0.249. The van der Waals surface area contributed by atoms with E-state index in [1.165, 1.54) is 0 Å². The molecule has 0 radical (unpaired) electrons. The van der Waals surface area contributed by atoms with Gasteiger partial charge < -0.3 is 5.73 Å². The normalized spacial score (nSPS) is 29.6. The number of hydrazone groups is 1. The van der Waals surface area contributed by atoms with Crippen LogP contribution in [0.5, 0.6) is 0 Å². The molecule has 1 saturated carbocycles. The number of rotatable bonds is 1. The summed E-state index contributed by atoms with van der Waals surface area (Å²) in [6.07, 6.45) is 3.59. The molecule has 1 rings (SSSR count). The quantitative estimate of drug-likeness (QED) is 0.612. The van der Waals surface area contributed by atoms with E-state index < -0.39 is 11.4 Å². The molecule has 0 aromatic rings. The number of nitrogens with zero attached hydrogens (tertiary/aromatic N) is 2. The van der Waals surface area contributed by atoms with E-state index in [0.717, 1.165) is 31.4 Å². The van der Waals surface area contributed by atoms with Crippen molar-refractivity contribution in [3.05, 3.63) is 0 Å². The Balaban J connectivity index is 2.79. The van der Waals surface area contributed by atoms with Crippen molar-refractivity contribution >= 4 is 11.7 Å². The topological polar surface area (TPSA) is 91.3 Å². The van der Waals surface area contributed by atoms with Crippen LogP contribution >= 0.6 is 0 Å². The average molecular weight is 194 g/mol. The van der Waals surface area contributed by atoms with Crippen LogP contribution in [0.25, 0.3) is 0 Å². The molecule has 1 atom stereocenters. The number of carbonyl (C=O) groups is 1. The van der Waals surface area contributed by atoms with E-state index in [1.54, 1.807) is 0 Å². The molecule has 0 saturated heterocycles. The Morgan fingerprint density at radius 1 is 1.71 bits per heavy atom. The van der Waals surface area contributed by atoms with Crippen LogP contribution in [0.2, 0.25) is 0 Å². The van der Waals surface area contributed by atoms with Gasteiger partial charge in [0.25, 0.3) is 0 Å². The lowest BCUT2D eigenvalue weighted by Crippen LogP contribution is -2.34. The number of hydrogen-bond acceptors (Lipinski definition) is 3. The average Bonchev–Trinajstić information content (AvgIpc) is 2.16. The van der Waals surface area contributed by atoms with Crippen LogP contribution in [0.4, 0.5) is 4.79 Å². The van der Waals surface area contributed by atoms with Crippen molar-refractivity contribution in [3.63, 3.8) is 0 Å². The van der Waals surface area contributed by atoms with Gasteiger partial charge in [-0.1, -0.05) is 6.42 Å². The number of urea groups is 1. The van der Waals surface area contributed by atoms with Gasteiger partial charge in [-0.25, -0.2) is 10.2 Å². The van der Waals surface area contributed by atoms with E-state index in [4.69, 9.17) is 11.0 Å². The van der Waals surface area contributed by atoms with E-state index in [1.807, 2.05) is 6.92 Å². The second-order valence-electron chi connectivity index (χ2n) is 3.69. The predicted molar refractivity (Wildman–Crippen MR) is 52.3 cm³/mol. The molecule has 0 heterocycles. The highest BCUT2D eigenvalue weighted by molar-refractivity contribution is 5.93. The van der Waals surface area contributed by atoms with Crippen molar-refractivity contribution in [2.45, 2.75) is 32.6 Å². The van der Waals surface area contributed by atoms with Gasteiger partial charge in [-0.15, -0.1) is 0 Å². The largest absolute Gasteiger partial charge is 0.350 e. The third kappa shape index (κ3) is 2.22. The highest BCUT2D eigenvalue weighted by Crippen LogP contribution is 2.32. The maximum absolute atomic E-state index is 10.5. The first-order valence-electron chi connectivity index (χ1n) is 4.62. The Morgan fingerprint density at radius 2 is 2.43 bits per heavy atom. The molecule has 1 aliphatic carbocycles. The Hall–Kier alpha value is -1.57. The maximum Gasteiger partial charge on any atom is 0.332 e. The van der Waals surface area contributed by atoms with E-state index in [2.05, 4.69) is 16.6 Å². The molecule has 2 amide bonds. The molecule has 0 aromatic carbocycles. The Kier molecular flexibility index (Phi) is 3.07. The Morgan fingerprint density at radius 3 is 3.00 bits per heavy atom. The number of hydrogen-bond donors (Lipinski definition) is 2. The zero-order valence-electron chi connectivity index (χ0n) is 8.21. The maximum atomic E-state index is 10.5. The summed E-state index contributed by atoms with van der Waals surface area (Å²) < 4.78 is 0. The molecule has 0 spiro atoms. The molecular formula is C9H14N4O. The number of amides is 2. The summed E-state index contributed by atoms with van der Waals surface area (Å²) in [6.45, 7) is 1.84. The zero-order valence-corrected chi connectivity index (χ0v) is 8.21. The summed E-state index contributed by atoms with van der Waals surface area (Å²) in [6, 6.07) is 1.54. The van der Waals surface area contributed by atoms with Gasteiger partial charge in [0.2, 0.25) is 0 Å². The van der Waals surface area contributed by atoms with Gasteiger partial charge in [0.15, 0.2) is 0 Å². The molecule has 1 unspecified atom stereocenters. The first kappa shape index (κ1) is 10.5. The van der Waals surface area contributed by atoms with Gasteiger partial charge in [0, 0.05) is 0 Å². The van der Waals surface area contributed by atoms with Crippen LogP contribution in [0.1, 0.15) is 32.6 Å². The first-order valence-corrected chi connectivity index (χ1v) is 4.62. The number of carbonyl (C=O) groups excluding carboxylic acids is 1. The van der Waals surface area contributed by atoms with Crippen molar-refractivity contribution < 1.29 is 4.79 Å². The zero-order chi connectivity index (χ0) is 10.6. The smallest absolute Gasteiger partial charge is 0.332 e. The van der Waals surface area contributed by atoms with Crippen molar-refractivity contribution in [1.29, 1.82) is 5.26 Å². The molecule has 1 aliphatic rings. The van der Waals surface area contributed by atoms with E-state index >= 15 is 0 Å². The molecule has 0 aromatic heterocycles. The van der Waals surface area contributed by atoms with Crippen LogP contribution in [-0.4, -0.2) is 11.7 Å². The fourth-order valence-electron chi connectivity index (χ4n) is 1.61. The number of nitriles is 1. The van der Waals surface area contributed by atoms with Gasteiger partial charge in [-0.3, -0.25) is 0 Å². The van der Waals surface area contributed by atoms with Crippen molar-refractivity contribution in [1.82, 2.24) is 5.43 Å². The molecular weight excluding hydrogens is 180 g/mol. The molecule has 3 N–H and O–H groups in total. The van der Waals surface area contributed by atoms with Gasteiger partial charge in [0.1, 0.15) is 0 Å². The minimum absolute atomic E-state index is 0.541. The molecule has 14 heavy (non-hydrogen) atoms. The summed E-state index contributed by atoms with van der Waals surface area (Å²) in [5.41, 5.74) is 7.27. The van der Waals surface area contributed by atoms with Gasteiger partial charge in [-0.05, 0) is 26.2 Å². The summed E-state index contributed by atoms with van der Waals surface area (Å²) in [4.78, 5) is 10.5. The lowest BCUT2D eigenvalue weighted by atomic mass is 9.75. The molecule has 5 heteroatoms. The molecule has 0 aliphatic heterocycles. The minimum atomic E-state index is -0.691. The van der Waals surface area contributed by atoms with E-state index in [0.29, 0.717) is 0 Å². The monoisotopic (exact) mass is 194 g/mol. The Bertz CT molecular complexity index is 304. The van der Waals surface area contributed by atoms with Gasteiger partial charge in [0.05, 0.1) is 17.2 Å². The van der Waals surface area contributed by atoms with Crippen molar-refractivity contribution in [2.75, 3.05) is 0 Å². The summed E-state index contributed by atoms with van der Waals surface area (Å²) in [5.74, 6) is 0. The van der Waals surface area contributed by atoms with Crippen LogP contribution in [-0.2, 0) is 0 Å². The highest BCUT2D eigenvalue weighted by Gasteiger charge is 2.33. The lowest BCUT2D eigenvalue weighted by Gasteiger charge is -2.27. The summed E-state index contributed by atoms with van der Waals surface area (Å²) in [5, 5.41) is 12.9. The fourth-order valence-corrected chi connectivity index (χ4v) is 1.61.